The number of rotatable bonds is 5. The summed E-state index contributed by atoms with van der Waals surface area (Å²) in [5.41, 5.74) is 0.461. The van der Waals surface area contributed by atoms with E-state index in [1.165, 1.54) is 23.1 Å². The normalized spacial score (nSPS) is 11.9. The zero-order chi connectivity index (χ0) is 13.7. The van der Waals surface area contributed by atoms with Gasteiger partial charge in [-0.2, -0.15) is 0 Å². The summed E-state index contributed by atoms with van der Waals surface area (Å²) in [6.07, 6.45) is 0.0715. The zero-order valence-corrected chi connectivity index (χ0v) is 10.4. The number of hydrogen-bond donors (Lipinski definition) is 1. The van der Waals surface area contributed by atoms with Gasteiger partial charge in [-0.25, -0.2) is 4.39 Å². The van der Waals surface area contributed by atoms with Gasteiger partial charge in [0.05, 0.1) is 0 Å². The minimum absolute atomic E-state index is 0.0528. The Morgan fingerprint density at radius 2 is 2.06 bits per heavy atom. The fourth-order valence-corrected chi connectivity index (χ4v) is 1.63. The number of carbonyl (C=O) groups is 2. The number of nitrogens with zero attached hydrogens (tertiary/aromatic N) is 1. The quantitative estimate of drug-likeness (QED) is 0.875. The molecule has 98 valence electrons. The number of benzene rings is 1. The minimum atomic E-state index is -0.927. The summed E-state index contributed by atoms with van der Waals surface area (Å²) in [5, 5.41) is 8.61. The third-order valence-corrected chi connectivity index (χ3v) is 2.62. The smallest absolute Gasteiger partial charge is 0.303 e. The van der Waals surface area contributed by atoms with E-state index in [4.69, 9.17) is 5.11 Å². The second kappa shape index (κ2) is 6.14. The van der Waals surface area contributed by atoms with Crippen molar-refractivity contribution < 1.29 is 19.1 Å². The fraction of sp³-hybridized carbons (Fsp3) is 0.385. The lowest BCUT2D eigenvalue weighted by Crippen LogP contribution is -2.28. The molecule has 1 atom stereocenters. The minimum Gasteiger partial charge on any atom is -0.481 e. The summed E-state index contributed by atoms with van der Waals surface area (Å²) in [5.74, 6) is -1.81. The molecule has 1 aromatic rings. The lowest BCUT2D eigenvalue weighted by molar-refractivity contribution is -0.138. The molecule has 1 unspecified atom stereocenters. The van der Waals surface area contributed by atoms with Gasteiger partial charge in [0.15, 0.2) is 0 Å². The van der Waals surface area contributed by atoms with Gasteiger partial charge >= 0.3 is 5.97 Å². The van der Waals surface area contributed by atoms with Crippen LogP contribution in [0.5, 0.6) is 0 Å². The molecule has 0 saturated heterocycles. The summed E-state index contributed by atoms with van der Waals surface area (Å²) < 4.78 is 13.0. The van der Waals surface area contributed by atoms with Gasteiger partial charge in [0.2, 0.25) is 5.91 Å². The third-order valence-electron chi connectivity index (χ3n) is 2.62. The van der Waals surface area contributed by atoms with Crippen LogP contribution < -0.4 is 4.90 Å². The molecule has 0 radical (unpaired) electrons. The number of carboxylic acids is 1. The van der Waals surface area contributed by atoms with Crippen LogP contribution >= 0.6 is 0 Å². The largest absolute Gasteiger partial charge is 0.481 e. The van der Waals surface area contributed by atoms with Gasteiger partial charge in [-0.05, 0) is 24.1 Å². The molecule has 0 fully saturated rings. The molecule has 0 bridgehead atoms. The topological polar surface area (TPSA) is 57.6 Å². The Bertz CT molecular complexity index is 448. The van der Waals surface area contributed by atoms with Crippen LogP contribution in [0.1, 0.15) is 19.8 Å². The number of carboxylic acid groups (broad SMARTS) is 1. The average molecular weight is 253 g/mol. The molecule has 0 heterocycles. The van der Waals surface area contributed by atoms with Crippen LogP contribution in [0.15, 0.2) is 24.3 Å². The Labute approximate surface area is 105 Å². The Morgan fingerprint density at radius 3 is 2.61 bits per heavy atom. The van der Waals surface area contributed by atoms with Gasteiger partial charge in [0.25, 0.3) is 0 Å². The zero-order valence-electron chi connectivity index (χ0n) is 10.4. The van der Waals surface area contributed by atoms with E-state index in [1.807, 2.05) is 0 Å². The van der Waals surface area contributed by atoms with Gasteiger partial charge in [-0.15, -0.1) is 0 Å². The van der Waals surface area contributed by atoms with E-state index in [1.54, 1.807) is 20.0 Å². The van der Waals surface area contributed by atoms with Gasteiger partial charge in [0.1, 0.15) is 5.82 Å². The van der Waals surface area contributed by atoms with Crippen LogP contribution in [-0.4, -0.2) is 24.0 Å². The first-order chi connectivity index (χ1) is 8.40. The van der Waals surface area contributed by atoms with Crippen LogP contribution in [0, 0.1) is 11.7 Å². The molecule has 1 rings (SSSR count). The number of hydrogen-bond acceptors (Lipinski definition) is 2. The lowest BCUT2D eigenvalue weighted by Gasteiger charge is -2.19. The molecular formula is C13H16FNO3. The number of carbonyl (C=O) groups excluding carboxylic acids is 1. The highest BCUT2D eigenvalue weighted by atomic mass is 19.1. The van der Waals surface area contributed by atoms with Crippen molar-refractivity contribution in [3.63, 3.8) is 0 Å². The third kappa shape index (κ3) is 4.16. The predicted octanol–water partition coefficient (Wildman–Crippen LogP) is 2.29. The summed E-state index contributed by atoms with van der Waals surface area (Å²) in [6, 6.07) is 5.71. The molecule has 0 aromatic heterocycles. The van der Waals surface area contributed by atoms with E-state index in [2.05, 4.69) is 0 Å². The molecule has 1 amide bonds. The second-order valence-electron chi connectivity index (χ2n) is 4.34. The van der Waals surface area contributed by atoms with Crippen molar-refractivity contribution in [2.45, 2.75) is 19.8 Å². The van der Waals surface area contributed by atoms with E-state index in [9.17, 15) is 14.0 Å². The number of anilines is 1. The van der Waals surface area contributed by atoms with Crippen LogP contribution in [0.3, 0.4) is 0 Å². The monoisotopic (exact) mass is 253 g/mol. The molecule has 4 nitrogen and oxygen atoms in total. The van der Waals surface area contributed by atoms with Crippen LogP contribution in [0.4, 0.5) is 10.1 Å². The highest BCUT2D eigenvalue weighted by Crippen LogP contribution is 2.17. The first-order valence-electron chi connectivity index (χ1n) is 5.64. The number of halogens is 1. The molecule has 0 aliphatic heterocycles. The number of amides is 1. The van der Waals surface area contributed by atoms with E-state index in [-0.39, 0.29) is 24.7 Å². The van der Waals surface area contributed by atoms with Crippen molar-refractivity contribution >= 4 is 17.6 Å². The number of aliphatic carboxylic acids is 1. The second-order valence-corrected chi connectivity index (χ2v) is 4.34. The van der Waals surface area contributed by atoms with E-state index in [0.29, 0.717) is 5.69 Å². The van der Waals surface area contributed by atoms with Crippen LogP contribution in [0.2, 0.25) is 0 Å². The van der Waals surface area contributed by atoms with Crippen LogP contribution in [-0.2, 0) is 9.59 Å². The van der Waals surface area contributed by atoms with E-state index >= 15 is 0 Å². The summed E-state index contributed by atoms with van der Waals surface area (Å²) in [4.78, 5) is 23.7. The summed E-state index contributed by atoms with van der Waals surface area (Å²) >= 11 is 0. The van der Waals surface area contributed by atoms with Crippen molar-refractivity contribution in [2.24, 2.45) is 5.92 Å². The Kier molecular flexibility index (Phi) is 4.83. The molecule has 0 spiro atoms. The molecule has 1 aromatic carbocycles. The maximum atomic E-state index is 13.0. The molecule has 0 aliphatic rings. The molecule has 5 heteroatoms. The molecule has 18 heavy (non-hydrogen) atoms. The predicted molar refractivity (Wildman–Crippen MR) is 65.8 cm³/mol. The summed E-state index contributed by atoms with van der Waals surface area (Å²) in [6.45, 7) is 1.70. The van der Waals surface area contributed by atoms with Gasteiger partial charge < -0.3 is 10.0 Å². The van der Waals surface area contributed by atoms with Gasteiger partial charge in [0, 0.05) is 25.6 Å². The standard InChI is InChI=1S/C13H16FNO3/c1-9(7-13(17)18)6-12(16)15(2)11-5-3-4-10(14)8-11/h3-5,8-9H,6-7H2,1-2H3,(H,17,18). The Balaban J connectivity index is 2.64. The van der Waals surface area contributed by atoms with Crippen LogP contribution in [0.25, 0.3) is 0 Å². The van der Waals surface area contributed by atoms with Crippen molar-refractivity contribution in [1.82, 2.24) is 0 Å². The van der Waals surface area contributed by atoms with Crippen molar-refractivity contribution in [2.75, 3.05) is 11.9 Å². The van der Waals surface area contributed by atoms with Crippen molar-refractivity contribution in [1.29, 1.82) is 0 Å². The van der Waals surface area contributed by atoms with Gasteiger partial charge in [-0.3, -0.25) is 9.59 Å². The highest BCUT2D eigenvalue weighted by molar-refractivity contribution is 5.93. The van der Waals surface area contributed by atoms with Crippen molar-refractivity contribution in [3.05, 3.63) is 30.1 Å². The lowest BCUT2D eigenvalue weighted by atomic mass is 10.0. The first kappa shape index (κ1) is 14.2. The SMILES string of the molecule is CC(CC(=O)O)CC(=O)N(C)c1cccc(F)c1. The highest BCUT2D eigenvalue weighted by Gasteiger charge is 2.17. The maximum absolute atomic E-state index is 13.0. The Hall–Kier alpha value is -1.91. The van der Waals surface area contributed by atoms with E-state index in [0.717, 1.165) is 0 Å². The van der Waals surface area contributed by atoms with Crippen molar-refractivity contribution in [3.8, 4) is 0 Å². The fourth-order valence-electron chi connectivity index (χ4n) is 1.63. The van der Waals surface area contributed by atoms with Gasteiger partial charge in [-0.1, -0.05) is 13.0 Å². The molecular weight excluding hydrogens is 237 g/mol. The summed E-state index contributed by atoms with van der Waals surface area (Å²) in [7, 11) is 1.55. The molecule has 0 aliphatic carbocycles. The van der Waals surface area contributed by atoms with E-state index < -0.39 is 11.8 Å². The Morgan fingerprint density at radius 1 is 1.39 bits per heavy atom. The molecule has 0 saturated carbocycles. The maximum Gasteiger partial charge on any atom is 0.303 e. The molecule has 1 N–H and O–H groups in total. The first-order valence-corrected chi connectivity index (χ1v) is 5.64. The average Bonchev–Trinajstić information content (AvgIpc) is 2.26.